The molecule has 6 heteroatoms. The molecule has 1 aliphatic rings. The summed E-state index contributed by atoms with van der Waals surface area (Å²) in [6.07, 6.45) is 6.99. The van der Waals surface area contributed by atoms with Crippen molar-refractivity contribution in [2.24, 2.45) is 0 Å². The number of benzene rings is 2. The second-order valence-electron chi connectivity index (χ2n) is 6.39. The minimum Gasteiger partial charge on any atom is -0.287 e. The van der Waals surface area contributed by atoms with Crippen molar-refractivity contribution in [2.45, 2.75) is 36.1 Å². The van der Waals surface area contributed by atoms with Gasteiger partial charge in [0.1, 0.15) is 0 Å². The van der Waals surface area contributed by atoms with E-state index >= 15 is 0 Å². The van der Waals surface area contributed by atoms with E-state index in [0.29, 0.717) is 20.3 Å². The second-order valence-corrected chi connectivity index (χ2v) is 8.91. The Balaban J connectivity index is 1.82. The van der Waals surface area contributed by atoms with Crippen LogP contribution in [0.3, 0.4) is 0 Å². The van der Waals surface area contributed by atoms with Crippen LogP contribution in [0.15, 0.2) is 53.8 Å². The molecular weight excluding hydrogens is 407 g/mol. The van der Waals surface area contributed by atoms with Gasteiger partial charge in [-0.15, -0.1) is 0 Å². The fourth-order valence-electron chi connectivity index (χ4n) is 3.30. The summed E-state index contributed by atoms with van der Waals surface area (Å²) in [4.78, 5) is 4.72. The zero-order chi connectivity index (χ0) is 18.1. The van der Waals surface area contributed by atoms with Crippen LogP contribution in [0.4, 0.5) is 0 Å². The van der Waals surface area contributed by atoms with Crippen LogP contribution in [0.5, 0.6) is 0 Å². The van der Waals surface area contributed by atoms with Crippen LogP contribution >= 0.6 is 46.6 Å². The molecule has 26 heavy (non-hydrogen) atoms. The molecule has 0 aliphatic heterocycles. The predicted octanol–water partition coefficient (Wildman–Crippen LogP) is 7.53. The van der Waals surface area contributed by atoms with E-state index in [1.54, 1.807) is 0 Å². The Bertz CT molecular complexity index is 933. The highest BCUT2D eigenvalue weighted by molar-refractivity contribution is 7.99. The molecule has 1 fully saturated rings. The monoisotopic (exact) mass is 422 g/mol. The zero-order valence-corrected chi connectivity index (χ0v) is 17.0. The summed E-state index contributed by atoms with van der Waals surface area (Å²) in [7, 11) is 0. The highest BCUT2D eigenvalue weighted by Crippen LogP contribution is 2.38. The molecule has 0 atom stereocenters. The van der Waals surface area contributed by atoms with Gasteiger partial charge in [0.25, 0.3) is 0 Å². The van der Waals surface area contributed by atoms with Gasteiger partial charge in [0, 0.05) is 21.5 Å². The molecular formula is C20H17Cl3N2S. The Labute approximate surface area is 172 Å². The van der Waals surface area contributed by atoms with Gasteiger partial charge < -0.3 is 0 Å². The van der Waals surface area contributed by atoms with E-state index in [2.05, 4.69) is 4.57 Å². The summed E-state index contributed by atoms with van der Waals surface area (Å²) in [6.45, 7) is 0. The Morgan fingerprint density at radius 1 is 0.962 bits per heavy atom. The number of hydrogen-bond acceptors (Lipinski definition) is 2. The first-order chi connectivity index (χ1) is 12.6. The maximum atomic E-state index is 6.25. The molecule has 4 rings (SSSR count). The van der Waals surface area contributed by atoms with E-state index in [1.165, 1.54) is 25.7 Å². The maximum Gasteiger partial charge on any atom is 0.173 e. The Morgan fingerprint density at radius 2 is 1.77 bits per heavy atom. The van der Waals surface area contributed by atoms with Crippen LogP contribution in [0.1, 0.15) is 25.7 Å². The molecule has 0 bridgehead atoms. The number of nitrogens with zero attached hydrogens (tertiary/aromatic N) is 2. The summed E-state index contributed by atoms with van der Waals surface area (Å²) in [5.74, 6) is 0. The molecule has 0 N–H and O–H groups in total. The molecule has 0 unspecified atom stereocenters. The summed E-state index contributed by atoms with van der Waals surface area (Å²) in [5, 5.41) is 3.39. The van der Waals surface area contributed by atoms with Crippen molar-refractivity contribution in [3.63, 3.8) is 0 Å². The third kappa shape index (κ3) is 3.77. The summed E-state index contributed by atoms with van der Waals surface area (Å²) in [6, 6.07) is 13.5. The molecule has 3 aromatic rings. The number of aromatic nitrogens is 2. The van der Waals surface area contributed by atoms with E-state index < -0.39 is 0 Å². The van der Waals surface area contributed by atoms with Crippen molar-refractivity contribution in [3.05, 3.63) is 63.7 Å². The van der Waals surface area contributed by atoms with Crippen LogP contribution in [0, 0.1) is 0 Å². The van der Waals surface area contributed by atoms with Crippen LogP contribution in [0.2, 0.25) is 15.1 Å². The first-order valence-electron chi connectivity index (χ1n) is 8.57. The second kappa shape index (κ2) is 7.85. The minimum atomic E-state index is 0.535. The van der Waals surface area contributed by atoms with E-state index in [4.69, 9.17) is 39.8 Å². The number of imidazole rings is 1. The largest absolute Gasteiger partial charge is 0.287 e. The van der Waals surface area contributed by atoms with Gasteiger partial charge in [-0.2, -0.15) is 0 Å². The number of rotatable bonds is 4. The van der Waals surface area contributed by atoms with Gasteiger partial charge in [0.15, 0.2) is 5.16 Å². The van der Waals surface area contributed by atoms with Crippen molar-refractivity contribution in [1.82, 2.24) is 9.55 Å². The molecule has 1 heterocycles. The van der Waals surface area contributed by atoms with Crippen LogP contribution < -0.4 is 0 Å². The van der Waals surface area contributed by atoms with E-state index in [1.807, 2.05) is 60.4 Å². The number of thioether (sulfide) groups is 1. The normalized spacial score (nSPS) is 14.9. The molecule has 1 aromatic heterocycles. The molecule has 0 spiro atoms. The summed E-state index contributed by atoms with van der Waals surface area (Å²) in [5.41, 5.74) is 2.95. The third-order valence-corrected chi connectivity index (χ3v) is 6.86. The highest BCUT2D eigenvalue weighted by atomic mass is 35.5. The van der Waals surface area contributed by atoms with E-state index in [-0.39, 0.29) is 0 Å². The molecule has 1 aliphatic carbocycles. The topological polar surface area (TPSA) is 17.8 Å². The maximum absolute atomic E-state index is 6.25. The van der Waals surface area contributed by atoms with Gasteiger partial charge in [0.2, 0.25) is 0 Å². The van der Waals surface area contributed by atoms with E-state index in [0.717, 1.165) is 22.1 Å². The standard InChI is InChI=1S/C20H17Cl3N2S/c21-14-4-3-5-15(11-14)25-19(13-8-9-17(22)18(23)10-13)12-24-20(25)26-16-6-1-2-7-16/h3-5,8-12,16H,1-2,6-7H2. The van der Waals surface area contributed by atoms with Gasteiger partial charge in [0.05, 0.1) is 21.9 Å². The fraction of sp³-hybridized carbons (Fsp3) is 0.250. The molecule has 0 amide bonds. The van der Waals surface area contributed by atoms with Gasteiger partial charge in [-0.25, -0.2) is 4.98 Å². The van der Waals surface area contributed by atoms with Gasteiger partial charge in [-0.05, 0) is 43.2 Å². The first kappa shape index (κ1) is 18.2. The molecule has 1 saturated carbocycles. The van der Waals surface area contributed by atoms with Gasteiger partial charge >= 0.3 is 0 Å². The summed E-state index contributed by atoms with van der Waals surface area (Å²) >= 11 is 20.4. The fourth-order valence-corrected chi connectivity index (χ4v) is 5.07. The van der Waals surface area contributed by atoms with Crippen molar-refractivity contribution in [2.75, 3.05) is 0 Å². The predicted molar refractivity (Wildman–Crippen MR) is 112 cm³/mol. The molecule has 2 aromatic carbocycles. The highest BCUT2D eigenvalue weighted by Gasteiger charge is 2.21. The van der Waals surface area contributed by atoms with Gasteiger partial charge in [-0.3, -0.25) is 4.57 Å². The minimum absolute atomic E-state index is 0.535. The Kier molecular flexibility index (Phi) is 5.51. The molecule has 2 nitrogen and oxygen atoms in total. The van der Waals surface area contributed by atoms with Crippen molar-refractivity contribution < 1.29 is 0 Å². The molecule has 0 saturated heterocycles. The van der Waals surface area contributed by atoms with Gasteiger partial charge in [-0.1, -0.05) is 71.5 Å². The Morgan fingerprint density at radius 3 is 2.50 bits per heavy atom. The molecule has 0 radical (unpaired) electrons. The van der Waals surface area contributed by atoms with Crippen LogP contribution in [-0.2, 0) is 0 Å². The quantitative estimate of drug-likeness (QED) is 0.431. The Hall–Kier alpha value is -1.13. The lowest BCUT2D eigenvalue weighted by Crippen LogP contribution is -2.02. The van der Waals surface area contributed by atoms with E-state index in [9.17, 15) is 0 Å². The third-order valence-electron chi connectivity index (χ3n) is 4.59. The summed E-state index contributed by atoms with van der Waals surface area (Å²) < 4.78 is 2.16. The lowest BCUT2D eigenvalue weighted by molar-refractivity contribution is 0.861. The van der Waals surface area contributed by atoms with Crippen LogP contribution in [-0.4, -0.2) is 14.8 Å². The average Bonchev–Trinajstić information content (AvgIpc) is 3.28. The smallest absolute Gasteiger partial charge is 0.173 e. The van der Waals surface area contributed by atoms with Crippen LogP contribution in [0.25, 0.3) is 16.9 Å². The lowest BCUT2D eigenvalue weighted by Gasteiger charge is -2.15. The SMILES string of the molecule is Clc1cccc(-n2c(-c3ccc(Cl)c(Cl)c3)cnc2SC2CCCC2)c1. The average molecular weight is 424 g/mol. The number of hydrogen-bond donors (Lipinski definition) is 0. The molecule has 134 valence electrons. The van der Waals surface area contributed by atoms with Crippen molar-refractivity contribution >= 4 is 46.6 Å². The number of halogens is 3. The van der Waals surface area contributed by atoms with Crippen molar-refractivity contribution in [1.29, 1.82) is 0 Å². The zero-order valence-electron chi connectivity index (χ0n) is 14.0. The van der Waals surface area contributed by atoms with Crippen molar-refractivity contribution in [3.8, 4) is 16.9 Å². The first-order valence-corrected chi connectivity index (χ1v) is 10.6. The lowest BCUT2D eigenvalue weighted by atomic mass is 10.1.